The SMILES string of the molecule is Cn1ccnc1CCn1ccc(=O)c(N)c1. The van der Waals surface area contributed by atoms with E-state index in [1.807, 2.05) is 22.4 Å². The number of nitrogens with zero attached hydrogens (tertiary/aromatic N) is 3. The number of nitrogens with two attached hydrogens (primary N) is 1. The summed E-state index contributed by atoms with van der Waals surface area (Å²) in [6, 6.07) is 1.48. The highest BCUT2D eigenvalue weighted by molar-refractivity contribution is 5.33. The standard InChI is InChI=1S/C11H14N4O/c1-14-7-4-13-11(14)3-6-15-5-2-10(16)9(12)8-15/h2,4-5,7-8H,3,6,12H2,1H3. The number of aryl methyl sites for hydroxylation is 3. The fourth-order valence-electron chi connectivity index (χ4n) is 1.55. The highest BCUT2D eigenvalue weighted by atomic mass is 16.1. The minimum atomic E-state index is -0.131. The average Bonchev–Trinajstić information content (AvgIpc) is 2.66. The van der Waals surface area contributed by atoms with Crippen LogP contribution in [0.5, 0.6) is 0 Å². The number of hydrogen-bond acceptors (Lipinski definition) is 3. The zero-order chi connectivity index (χ0) is 11.5. The number of aromatic nitrogens is 3. The van der Waals surface area contributed by atoms with Crippen LogP contribution in [0.2, 0.25) is 0 Å². The molecule has 0 unspecified atom stereocenters. The van der Waals surface area contributed by atoms with E-state index in [1.165, 1.54) is 6.07 Å². The molecule has 5 nitrogen and oxygen atoms in total. The lowest BCUT2D eigenvalue weighted by molar-refractivity contribution is 0.647. The molecule has 0 spiro atoms. The van der Waals surface area contributed by atoms with E-state index in [4.69, 9.17) is 5.73 Å². The number of nitrogen functional groups attached to an aromatic ring is 1. The minimum Gasteiger partial charge on any atom is -0.394 e. The van der Waals surface area contributed by atoms with Gasteiger partial charge in [0.25, 0.3) is 0 Å². The Bertz CT molecular complexity index is 541. The molecule has 2 aromatic heterocycles. The van der Waals surface area contributed by atoms with Gasteiger partial charge in [-0.05, 0) is 0 Å². The predicted molar refractivity (Wildman–Crippen MR) is 62.0 cm³/mol. The third-order valence-corrected chi connectivity index (χ3v) is 2.52. The molecule has 5 heteroatoms. The molecule has 0 aliphatic carbocycles. The second-order valence-corrected chi connectivity index (χ2v) is 3.71. The van der Waals surface area contributed by atoms with E-state index in [-0.39, 0.29) is 11.1 Å². The third-order valence-electron chi connectivity index (χ3n) is 2.52. The van der Waals surface area contributed by atoms with E-state index in [9.17, 15) is 4.79 Å². The Kier molecular flexibility index (Phi) is 2.76. The van der Waals surface area contributed by atoms with Crippen molar-refractivity contribution >= 4 is 5.69 Å². The van der Waals surface area contributed by atoms with Crippen LogP contribution < -0.4 is 11.2 Å². The van der Waals surface area contributed by atoms with E-state index < -0.39 is 0 Å². The van der Waals surface area contributed by atoms with Crippen molar-refractivity contribution in [3.05, 3.63) is 46.9 Å². The number of imidazole rings is 1. The van der Waals surface area contributed by atoms with Gasteiger partial charge in [-0.3, -0.25) is 4.79 Å². The van der Waals surface area contributed by atoms with Crippen LogP contribution in [0.15, 0.2) is 35.6 Å². The highest BCUT2D eigenvalue weighted by Crippen LogP contribution is 1.99. The fourth-order valence-corrected chi connectivity index (χ4v) is 1.55. The maximum atomic E-state index is 11.1. The molecule has 0 bridgehead atoms. The van der Waals surface area contributed by atoms with Gasteiger partial charge in [0.05, 0.1) is 5.69 Å². The molecule has 2 aromatic rings. The molecule has 0 atom stereocenters. The summed E-state index contributed by atoms with van der Waals surface area (Å²) in [7, 11) is 1.96. The van der Waals surface area contributed by atoms with Crippen LogP contribution in [0.3, 0.4) is 0 Å². The Morgan fingerprint density at radius 1 is 1.44 bits per heavy atom. The molecule has 0 amide bonds. The van der Waals surface area contributed by atoms with Crippen LogP contribution in [0.25, 0.3) is 0 Å². The Labute approximate surface area is 93.2 Å². The van der Waals surface area contributed by atoms with Gasteiger partial charge in [-0.25, -0.2) is 4.98 Å². The van der Waals surface area contributed by atoms with Crippen molar-refractivity contribution in [2.45, 2.75) is 13.0 Å². The maximum Gasteiger partial charge on any atom is 0.204 e. The lowest BCUT2D eigenvalue weighted by atomic mass is 10.3. The molecule has 0 aliphatic rings. The van der Waals surface area contributed by atoms with Crippen LogP contribution in [-0.2, 0) is 20.0 Å². The summed E-state index contributed by atoms with van der Waals surface area (Å²) in [5.74, 6) is 1.01. The lowest BCUT2D eigenvalue weighted by Crippen LogP contribution is -2.12. The van der Waals surface area contributed by atoms with Gasteiger partial charge in [0.15, 0.2) is 0 Å². The molecular weight excluding hydrogens is 204 g/mol. The van der Waals surface area contributed by atoms with Crippen LogP contribution in [0.4, 0.5) is 5.69 Å². The molecule has 2 rings (SSSR count). The van der Waals surface area contributed by atoms with Crippen LogP contribution in [0, 0.1) is 0 Å². The molecule has 0 aliphatic heterocycles. The second-order valence-electron chi connectivity index (χ2n) is 3.71. The Hall–Kier alpha value is -2.04. The number of rotatable bonds is 3. The van der Waals surface area contributed by atoms with Gasteiger partial charge in [0, 0.05) is 50.9 Å². The molecule has 0 aromatic carbocycles. The molecule has 84 valence electrons. The molecule has 0 radical (unpaired) electrons. The first kappa shape index (κ1) is 10.5. The third kappa shape index (κ3) is 2.13. The zero-order valence-corrected chi connectivity index (χ0v) is 9.13. The van der Waals surface area contributed by atoms with E-state index in [2.05, 4.69) is 4.98 Å². The largest absolute Gasteiger partial charge is 0.394 e. The van der Waals surface area contributed by atoms with Crippen molar-refractivity contribution in [2.24, 2.45) is 7.05 Å². The smallest absolute Gasteiger partial charge is 0.204 e. The number of hydrogen-bond donors (Lipinski definition) is 1. The molecule has 0 saturated heterocycles. The Morgan fingerprint density at radius 3 is 2.88 bits per heavy atom. The van der Waals surface area contributed by atoms with E-state index in [1.54, 1.807) is 18.6 Å². The first-order valence-electron chi connectivity index (χ1n) is 5.08. The van der Waals surface area contributed by atoms with Crippen LogP contribution in [-0.4, -0.2) is 14.1 Å². The van der Waals surface area contributed by atoms with Gasteiger partial charge >= 0.3 is 0 Å². The van der Waals surface area contributed by atoms with Gasteiger partial charge < -0.3 is 14.9 Å². The second kappa shape index (κ2) is 4.22. The Morgan fingerprint density at radius 2 is 2.25 bits per heavy atom. The Balaban J connectivity index is 2.08. The summed E-state index contributed by atoms with van der Waals surface area (Å²) >= 11 is 0. The summed E-state index contributed by atoms with van der Waals surface area (Å²) in [6.45, 7) is 0.759. The van der Waals surface area contributed by atoms with Gasteiger partial charge in [-0.2, -0.15) is 0 Å². The van der Waals surface area contributed by atoms with E-state index in [0.29, 0.717) is 0 Å². The minimum absolute atomic E-state index is 0.131. The molecule has 16 heavy (non-hydrogen) atoms. The highest BCUT2D eigenvalue weighted by Gasteiger charge is 2.00. The van der Waals surface area contributed by atoms with Crippen molar-refractivity contribution in [3.63, 3.8) is 0 Å². The quantitative estimate of drug-likeness (QED) is 0.811. The topological polar surface area (TPSA) is 65.8 Å². The first-order chi connectivity index (χ1) is 7.66. The van der Waals surface area contributed by atoms with Gasteiger partial charge in [0.1, 0.15) is 5.82 Å². The summed E-state index contributed by atoms with van der Waals surface area (Å²) < 4.78 is 3.87. The molecule has 0 saturated carbocycles. The van der Waals surface area contributed by atoms with Gasteiger partial charge in [-0.15, -0.1) is 0 Å². The lowest BCUT2D eigenvalue weighted by Gasteiger charge is -2.06. The molecule has 2 heterocycles. The van der Waals surface area contributed by atoms with Crippen LogP contribution >= 0.6 is 0 Å². The monoisotopic (exact) mass is 218 g/mol. The van der Waals surface area contributed by atoms with Crippen molar-refractivity contribution in [1.29, 1.82) is 0 Å². The normalized spacial score (nSPS) is 10.6. The van der Waals surface area contributed by atoms with Crippen molar-refractivity contribution < 1.29 is 0 Å². The fraction of sp³-hybridized carbons (Fsp3) is 0.273. The predicted octanol–water partition coefficient (Wildman–Crippen LogP) is 0.407. The molecule has 2 N–H and O–H groups in total. The zero-order valence-electron chi connectivity index (χ0n) is 9.13. The number of anilines is 1. The van der Waals surface area contributed by atoms with Crippen molar-refractivity contribution in [2.75, 3.05) is 5.73 Å². The summed E-state index contributed by atoms with van der Waals surface area (Å²) in [4.78, 5) is 15.3. The van der Waals surface area contributed by atoms with Crippen LogP contribution in [0.1, 0.15) is 5.82 Å². The first-order valence-corrected chi connectivity index (χ1v) is 5.08. The molecular formula is C11H14N4O. The van der Waals surface area contributed by atoms with E-state index >= 15 is 0 Å². The number of pyridine rings is 1. The van der Waals surface area contributed by atoms with Crippen molar-refractivity contribution in [3.8, 4) is 0 Å². The summed E-state index contributed by atoms with van der Waals surface area (Å²) in [5, 5.41) is 0. The van der Waals surface area contributed by atoms with E-state index in [0.717, 1.165) is 18.8 Å². The summed E-state index contributed by atoms with van der Waals surface area (Å²) in [6.07, 6.45) is 7.89. The van der Waals surface area contributed by atoms with Gasteiger partial charge in [-0.1, -0.05) is 0 Å². The summed E-state index contributed by atoms with van der Waals surface area (Å²) in [5.41, 5.74) is 5.69. The van der Waals surface area contributed by atoms with Gasteiger partial charge in [0.2, 0.25) is 5.43 Å². The maximum absolute atomic E-state index is 11.1. The van der Waals surface area contributed by atoms with Crippen molar-refractivity contribution in [1.82, 2.24) is 14.1 Å². The molecule has 0 fully saturated rings. The average molecular weight is 218 g/mol.